The van der Waals surface area contributed by atoms with E-state index in [2.05, 4.69) is 28.2 Å². The normalized spacial score (nSPS) is 10.7. The fourth-order valence-corrected chi connectivity index (χ4v) is 2.46. The first-order valence-corrected chi connectivity index (χ1v) is 8.08. The first-order chi connectivity index (χ1) is 9.65. The maximum atomic E-state index is 10.8. The minimum atomic E-state index is -0.360. The molecular formula is C15H23BrN2O2. The molecule has 0 fully saturated rings. The van der Waals surface area contributed by atoms with Gasteiger partial charge in [-0.2, -0.15) is 0 Å². The summed E-state index contributed by atoms with van der Waals surface area (Å²) >= 11 is 3.19. The van der Waals surface area contributed by atoms with E-state index in [1.54, 1.807) is 12.1 Å². The summed E-state index contributed by atoms with van der Waals surface area (Å²) in [6.07, 6.45) is 7.67. The molecule has 0 radical (unpaired) electrons. The first kappa shape index (κ1) is 17.1. The molecule has 5 heteroatoms. The van der Waals surface area contributed by atoms with Crippen molar-refractivity contribution in [1.29, 1.82) is 0 Å². The van der Waals surface area contributed by atoms with Crippen LogP contribution in [0.2, 0.25) is 0 Å². The zero-order valence-corrected chi connectivity index (χ0v) is 13.6. The number of unbranched alkanes of at least 4 members (excludes halogenated alkanes) is 5. The zero-order chi connectivity index (χ0) is 14.8. The Bertz CT molecular complexity index is 424. The van der Waals surface area contributed by atoms with Crippen LogP contribution in [0.5, 0.6) is 0 Å². The lowest BCUT2D eigenvalue weighted by Gasteiger charge is -2.05. The molecule has 1 aromatic carbocycles. The van der Waals surface area contributed by atoms with Crippen LogP contribution in [0.15, 0.2) is 22.7 Å². The van der Waals surface area contributed by atoms with Crippen molar-refractivity contribution in [2.45, 2.75) is 52.0 Å². The van der Waals surface area contributed by atoms with Gasteiger partial charge in [-0.15, -0.1) is 0 Å². The van der Waals surface area contributed by atoms with Crippen LogP contribution in [0.25, 0.3) is 0 Å². The van der Waals surface area contributed by atoms with Crippen molar-refractivity contribution in [2.24, 2.45) is 0 Å². The van der Waals surface area contributed by atoms with Gasteiger partial charge in [0.15, 0.2) is 0 Å². The van der Waals surface area contributed by atoms with Gasteiger partial charge in [0.25, 0.3) is 5.69 Å². The van der Waals surface area contributed by atoms with Gasteiger partial charge in [-0.25, -0.2) is 0 Å². The summed E-state index contributed by atoms with van der Waals surface area (Å²) in [6, 6.07) is 5.27. The van der Waals surface area contributed by atoms with Crippen LogP contribution in [0, 0.1) is 10.1 Å². The molecule has 0 aromatic heterocycles. The van der Waals surface area contributed by atoms with Crippen molar-refractivity contribution >= 4 is 21.6 Å². The molecular weight excluding hydrogens is 320 g/mol. The highest BCUT2D eigenvalue weighted by molar-refractivity contribution is 9.10. The van der Waals surface area contributed by atoms with Gasteiger partial charge in [-0.1, -0.05) is 45.1 Å². The van der Waals surface area contributed by atoms with E-state index in [1.165, 1.54) is 38.5 Å². The van der Waals surface area contributed by atoms with Crippen LogP contribution in [0.3, 0.4) is 0 Å². The van der Waals surface area contributed by atoms with Gasteiger partial charge in [0.1, 0.15) is 0 Å². The lowest BCUT2D eigenvalue weighted by Crippen LogP contribution is -2.14. The molecule has 0 atom stereocenters. The molecule has 1 aromatic rings. The molecule has 0 bridgehead atoms. The third kappa shape index (κ3) is 6.48. The predicted molar refractivity (Wildman–Crippen MR) is 85.9 cm³/mol. The highest BCUT2D eigenvalue weighted by Gasteiger charge is 2.11. The average Bonchev–Trinajstić information content (AvgIpc) is 2.43. The number of rotatable bonds is 10. The molecule has 0 saturated carbocycles. The lowest BCUT2D eigenvalue weighted by molar-refractivity contribution is -0.385. The molecule has 1 rings (SSSR count). The Hall–Kier alpha value is -0.940. The van der Waals surface area contributed by atoms with E-state index in [9.17, 15) is 10.1 Å². The predicted octanol–water partition coefficient (Wildman–Crippen LogP) is 4.81. The van der Waals surface area contributed by atoms with E-state index in [0.29, 0.717) is 11.0 Å². The molecule has 0 aliphatic carbocycles. The second-order valence-electron chi connectivity index (χ2n) is 4.99. The molecule has 0 spiro atoms. The summed E-state index contributed by atoms with van der Waals surface area (Å²) in [7, 11) is 0. The number of nitro benzene ring substituents is 1. The summed E-state index contributed by atoms with van der Waals surface area (Å²) in [5.41, 5.74) is 1.08. The van der Waals surface area contributed by atoms with Gasteiger partial charge < -0.3 is 5.32 Å². The number of halogens is 1. The molecule has 0 saturated heterocycles. The largest absolute Gasteiger partial charge is 0.313 e. The minimum absolute atomic E-state index is 0.129. The van der Waals surface area contributed by atoms with Crippen LogP contribution in [-0.2, 0) is 6.54 Å². The molecule has 0 heterocycles. The quantitative estimate of drug-likeness (QED) is 0.377. The van der Waals surface area contributed by atoms with Gasteiger partial charge in [0.05, 0.1) is 9.40 Å². The van der Waals surface area contributed by atoms with Crippen LogP contribution < -0.4 is 5.32 Å². The molecule has 0 amide bonds. The molecule has 112 valence electrons. The number of nitrogens with one attached hydrogen (secondary N) is 1. The Labute approximate surface area is 129 Å². The first-order valence-electron chi connectivity index (χ1n) is 7.28. The van der Waals surface area contributed by atoms with Crippen molar-refractivity contribution < 1.29 is 4.92 Å². The Balaban J connectivity index is 2.22. The van der Waals surface area contributed by atoms with Crippen molar-refractivity contribution in [3.8, 4) is 0 Å². The van der Waals surface area contributed by atoms with Crippen LogP contribution >= 0.6 is 15.9 Å². The van der Waals surface area contributed by atoms with Crippen LogP contribution in [0.1, 0.15) is 51.0 Å². The minimum Gasteiger partial charge on any atom is -0.313 e. The van der Waals surface area contributed by atoms with Gasteiger partial charge in [-0.3, -0.25) is 10.1 Å². The van der Waals surface area contributed by atoms with Gasteiger partial charge in [-0.05, 0) is 40.5 Å². The Morgan fingerprint density at radius 1 is 1.20 bits per heavy atom. The van der Waals surface area contributed by atoms with Gasteiger partial charge in [0, 0.05) is 12.6 Å². The van der Waals surface area contributed by atoms with E-state index < -0.39 is 0 Å². The summed E-state index contributed by atoms with van der Waals surface area (Å²) in [6.45, 7) is 3.87. The molecule has 20 heavy (non-hydrogen) atoms. The maximum Gasteiger partial charge on any atom is 0.283 e. The van der Waals surface area contributed by atoms with Crippen molar-refractivity contribution in [3.05, 3.63) is 38.3 Å². The molecule has 0 aliphatic heterocycles. The Morgan fingerprint density at radius 2 is 1.90 bits per heavy atom. The summed E-state index contributed by atoms with van der Waals surface area (Å²) in [4.78, 5) is 10.5. The fraction of sp³-hybridized carbons (Fsp3) is 0.600. The monoisotopic (exact) mass is 342 g/mol. The highest BCUT2D eigenvalue weighted by Crippen LogP contribution is 2.25. The number of benzene rings is 1. The van der Waals surface area contributed by atoms with E-state index >= 15 is 0 Å². The lowest BCUT2D eigenvalue weighted by atomic mass is 10.1. The summed E-state index contributed by atoms with van der Waals surface area (Å²) in [5, 5.41) is 14.2. The van der Waals surface area contributed by atoms with E-state index in [4.69, 9.17) is 0 Å². The standard InChI is InChI=1S/C15H23BrN2O2/c1-2-3-4-5-6-7-10-17-12-13-8-9-14(16)15(11-13)18(19)20/h8-9,11,17H,2-7,10,12H2,1H3. The second-order valence-corrected chi connectivity index (χ2v) is 5.84. The maximum absolute atomic E-state index is 10.8. The summed E-state index contributed by atoms with van der Waals surface area (Å²) in [5.74, 6) is 0. The molecule has 0 unspecified atom stereocenters. The number of hydrogen-bond acceptors (Lipinski definition) is 3. The smallest absolute Gasteiger partial charge is 0.283 e. The third-order valence-electron chi connectivity index (χ3n) is 3.24. The van der Waals surface area contributed by atoms with Crippen molar-refractivity contribution in [3.63, 3.8) is 0 Å². The van der Waals surface area contributed by atoms with Crippen LogP contribution in [-0.4, -0.2) is 11.5 Å². The summed E-state index contributed by atoms with van der Waals surface area (Å²) < 4.78 is 0.530. The Morgan fingerprint density at radius 3 is 2.60 bits per heavy atom. The number of nitrogens with zero attached hydrogens (tertiary/aromatic N) is 1. The van der Waals surface area contributed by atoms with Crippen LogP contribution in [0.4, 0.5) is 5.69 Å². The SMILES string of the molecule is CCCCCCCCNCc1ccc(Br)c([N+](=O)[O-])c1. The zero-order valence-electron chi connectivity index (χ0n) is 12.0. The van der Waals surface area contributed by atoms with E-state index in [1.807, 2.05) is 6.07 Å². The average molecular weight is 343 g/mol. The molecule has 4 nitrogen and oxygen atoms in total. The number of hydrogen-bond donors (Lipinski definition) is 1. The third-order valence-corrected chi connectivity index (χ3v) is 3.91. The number of nitro groups is 1. The van der Waals surface area contributed by atoms with E-state index in [0.717, 1.165) is 12.1 Å². The van der Waals surface area contributed by atoms with Crippen molar-refractivity contribution in [1.82, 2.24) is 5.32 Å². The van der Waals surface area contributed by atoms with Gasteiger partial charge >= 0.3 is 0 Å². The highest BCUT2D eigenvalue weighted by atomic mass is 79.9. The molecule has 0 aliphatic rings. The van der Waals surface area contributed by atoms with E-state index in [-0.39, 0.29) is 10.6 Å². The topological polar surface area (TPSA) is 55.2 Å². The van der Waals surface area contributed by atoms with Crippen molar-refractivity contribution in [2.75, 3.05) is 6.54 Å². The molecule has 1 N–H and O–H groups in total. The van der Waals surface area contributed by atoms with Gasteiger partial charge in [0.2, 0.25) is 0 Å². The fourth-order valence-electron chi connectivity index (χ4n) is 2.07. The Kier molecular flexibility index (Phi) is 8.46. The second kappa shape index (κ2) is 9.88.